The molecule has 0 unspecified atom stereocenters. The quantitative estimate of drug-likeness (QED) is 0.411. The van der Waals surface area contributed by atoms with Gasteiger partial charge in [0, 0.05) is 26.1 Å². The van der Waals surface area contributed by atoms with Gasteiger partial charge in [0.25, 0.3) is 5.56 Å². The summed E-state index contributed by atoms with van der Waals surface area (Å²) in [4.78, 5) is 25.5. The molecule has 0 atom stereocenters. The first-order valence-corrected chi connectivity index (χ1v) is 10.6. The molecule has 1 heterocycles. The second-order valence-electron chi connectivity index (χ2n) is 6.92. The van der Waals surface area contributed by atoms with E-state index in [1.165, 1.54) is 10.7 Å². The predicted octanol–water partition coefficient (Wildman–Crippen LogP) is 5.18. The third-order valence-corrected chi connectivity index (χ3v) is 5.48. The average Bonchev–Trinajstić information content (AvgIpc) is 2.75. The van der Waals surface area contributed by atoms with Gasteiger partial charge in [0.05, 0.1) is 24.0 Å². The second-order valence-corrected chi connectivity index (χ2v) is 8.27. The fraction of sp³-hybridized carbons (Fsp3) is 0.0870. The first-order valence-electron chi connectivity index (χ1n) is 9.39. The van der Waals surface area contributed by atoms with Crippen LogP contribution in [0.25, 0.3) is 10.8 Å². The van der Waals surface area contributed by atoms with Crippen molar-refractivity contribution < 1.29 is 9.18 Å². The van der Waals surface area contributed by atoms with Gasteiger partial charge in [-0.05, 0) is 42.5 Å². The van der Waals surface area contributed by atoms with E-state index in [-0.39, 0.29) is 24.4 Å². The number of anilines is 1. The molecule has 1 aromatic heterocycles. The normalized spacial score (nSPS) is 10.9. The van der Waals surface area contributed by atoms with Crippen molar-refractivity contribution >= 4 is 49.9 Å². The van der Waals surface area contributed by atoms with Gasteiger partial charge in [0.2, 0.25) is 5.91 Å². The summed E-state index contributed by atoms with van der Waals surface area (Å²) in [5, 5.41) is 8.77. The van der Waals surface area contributed by atoms with E-state index in [4.69, 9.17) is 11.6 Å². The number of carbonyl (C=O) groups excluding carboxylic acids is 1. The Balaban J connectivity index is 1.69. The molecule has 0 aliphatic heterocycles. The number of amides is 1. The van der Waals surface area contributed by atoms with Gasteiger partial charge in [-0.25, -0.2) is 9.07 Å². The van der Waals surface area contributed by atoms with Crippen LogP contribution in [0.2, 0.25) is 5.02 Å². The highest BCUT2D eigenvalue weighted by molar-refractivity contribution is 9.10. The molecule has 0 fully saturated rings. The minimum absolute atomic E-state index is 0.0470. The summed E-state index contributed by atoms with van der Waals surface area (Å²) in [6, 6.07) is 18.3. The van der Waals surface area contributed by atoms with Crippen LogP contribution in [0.5, 0.6) is 0 Å². The molecule has 3 aromatic carbocycles. The van der Waals surface area contributed by atoms with Gasteiger partial charge in [0.1, 0.15) is 5.82 Å². The SMILES string of the molecule is O=C(Cc1nn(Cc2ccc(Br)cc2F)c(=O)c2ccccc12)Nc1ccc(Cl)cc1. The highest BCUT2D eigenvalue weighted by atomic mass is 79.9. The Hall–Kier alpha value is -3.03. The molecule has 8 heteroatoms. The largest absolute Gasteiger partial charge is 0.326 e. The molecule has 0 saturated heterocycles. The van der Waals surface area contributed by atoms with Gasteiger partial charge >= 0.3 is 0 Å². The van der Waals surface area contributed by atoms with E-state index in [0.717, 1.165) is 0 Å². The molecular weight excluding hydrogens is 485 g/mol. The first kappa shape index (κ1) is 21.2. The van der Waals surface area contributed by atoms with Crippen molar-refractivity contribution in [3.63, 3.8) is 0 Å². The van der Waals surface area contributed by atoms with E-state index in [1.54, 1.807) is 60.7 Å². The zero-order valence-corrected chi connectivity index (χ0v) is 18.5. The van der Waals surface area contributed by atoms with E-state index in [2.05, 4.69) is 26.3 Å². The van der Waals surface area contributed by atoms with Crippen LogP contribution in [0.3, 0.4) is 0 Å². The van der Waals surface area contributed by atoms with Gasteiger partial charge in [0.15, 0.2) is 0 Å². The van der Waals surface area contributed by atoms with E-state index in [0.29, 0.717) is 37.2 Å². The van der Waals surface area contributed by atoms with Crippen molar-refractivity contribution in [2.24, 2.45) is 0 Å². The molecule has 1 amide bonds. The third-order valence-electron chi connectivity index (χ3n) is 4.74. The lowest BCUT2D eigenvalue weighted by Gasteiger charge is -2.12. The molecule has 4 rings (SSSR count). The lowest BCUT2D eigenvalue weighted by Crippen LogP contribution is -2.27. The number of carbonyl (C=O) groups is 1. The molecular formula is C23H16BrClFN3O2. The van der Waals surface area contributed by atoms with Gasteiger partial charge in [-0.1, -0.05) is 51.8 Å². The molecule has 5 nitrogen and oxygen atoms in total. The number of nitrogens with zero attached hydrogens (tertiary/aromatic N) is 2. The van der Waals surface area contributed by atoms with E-state index in [1.807, 2.05) is 0 Å². The minimum atomic E-state index is -0.446. The summed E-state index contributed by atoms with van der Waals surface area (Å²) < 4.78 is 16.1. The maximum atomic E-state index is 14.3. The number of fused-ring (bicyclic) bond motifs is 1. The molecule has 0 saturated carbocycles. The summed E-state index contributed by atoms with van der Waals surface area (Å²) in [7, 11) is 0. The lowest BCUT2D eigenvalue weighted by atomic mass is 10.1. The van der Waals surface area contributed by atoms with Crippen LogP contribution in [-0.4, -0.2) is 15.7 Å². The molecule has 0 bridgehead atoms. The van der Waals surface area contributed by atoms with E-state index in [9.17, 15) is 14.0 Å². The number of rotatable bonds is 5. The number of nitrogens with one attached hydrogen (secondary N) is 1. The van der Waals surface area contributed by atoms with Crippen molar-refractivity contribution in [1.82, 2.24) is 9.78 Å². The Morgan fingerprint density at radius 2 is 1.77 bits per heavy atom. The summed E-state index contributed by atoms with van der Waals surface area (Å²) in [5.74, 6) is -0.738. The molecule has 156 valence electrons. The van der Waals surface area contributed by atoms with Crippen LogP contribution >= 0.6 is 27.5 Å². The van der Waals surface area contributed by atoms with Crippen molar-refractivity contribution in [2.75, 3.05) is 5.32 Å². The monoisotopic (exact) mass is 499 g/mol. The Kier molecular flexibility index (Phi) is 6.15. The van der Waals surface area contributed by atoms with Crippen molar-refractivity contribution in [1.29, 1.82) is 0 Å². The molecule has 4 aromatic rings. The Bertz CT molecular complexity index is 1340. The van der Waals surface area contributed by atoms with E-state index >= 15 is 0 Å². The number of benzene rings is 3. The number of hydrogen-bond acceptors (Lipinski definition) is 3. The summed E-state index contributed by atoms with van der Waals surface area (Å²) >= 11 is 9.10. The van der Waals surface area contributed by atoms with Crippen LogP contribution in [0, 0.1) is 5.82 Å². The smallest absolute Gasteiger partial charge is 0.274 e. The average molecular weight is 501 g/mol. The Labute approximate surface area is 190 Å². The molecule has 1 N–H and O–H groups in total. The predicted molar refractivity (Wildman–Crippen MR) is 123 cm³/mol. The summed E-state index contributed by atoms with van der Waals surface area (Å²) in [5.41, 5.74) is 1.01. The van der Waals surface area contributed by atoms with Gasteiger partial charge in [-0.15, -0.1) is 0 Å². The fourth-order valence-electron chi connectivity index (χ4n) is 3.24. The van der Waals surface area contributed by atoms with Crippen molar-refractivity contribution in [3.8, 4) is 0 Å². The van der Waals surface area contributed by atoms with Crippen LogP contribution < -0.4 is 10.9 Å². The molecule has 0 radical (unpaired) electrons. The van der Waals surface area contributed by atoms with Gasteiger partial charge in [-0.3, -0.25) is 9.59 Å². The van der Waals surface area contributed by atoms with Crippen LogP contribution in [-0.2, 0) is 17.8 Å². The van der Waals surface area contributed by atoms with E-state index < -0.39 is 5.82 Å². The number of halogens is 3. The fourth-order valence-corrected chi connectivity index (χ4v) is 3.70. The summed E-state index contributed by atoms with van der Waals surface area (Å²) in [6.45, 7) is -0.0470. The maximum absolute atomic E-state index is 14.3. The zero-order valence-electron chi connectivity index (χ0n) is 16.1. The number of aromatic nitrogens is 2. The third kappa shape index (κ3) is 4.84. The van der Waals surface area contributed by atoms with Crippen LogP contribution in [0.4, 0.5) is 10.1 Å². The Morgan fingerprint density at radius 1 is 1.06 bits per heavy atom. The maximum Gasteiger partial charge on any atom is 0.274 e. The summed E-state index contributed by atoms with van der Waals surface area (Å²) in [6.07, 6.45) is -0.0494. The molecule has 0 aliphatic rings. The zero-order chi connectivity index (χ0) is 22.0. The molecule has 31 heavy (non-hydrogen) atoms. The van der Waals surface area contributed by atoms with Crippen molar-refractivity contribution in [2.45, 2.75) is 13.0 Å². The standard InChI is InChI=1S/C23H16BrClFN3O2/c24-15-6-5-14(20(26)11-15)13-29-23(31)19-4-2-1-3-18(19)21(28-29)12-22(30)27-17-9-7-16(25)8-10-17/h1-11H,12-13H2,(H,27,30). The van der Waals surface area contributed by atoms with Gasteiger partial charge in [-0.2, -0.15) is 5.10 Å². The van der Waals surface area contributed by atoms with Crippen LogP contribution in [0.1, 0.15) is 11.3 Å². The minimum Gasteiger partial charge on any atom is -0.326 e. The van der Waals surface area contributed by atoms with Crippen LogP contribution in [0.15, 0.2) is 76.0 Å². The first-order chi connectivity index (χ1) is 14.9. The van der Waals surface area contributed by atoms with Gasteiger partial charge < -0.3 is 5.32 Å². The van der Waals surface area contributed by atoms with Crippen molar-refractivity contribution in [3.05, 3.63) is 104 Å². The highest BCUT2D eigenvalue weighted by Gasteiger charge is 2.15. The Morgan fingerprint density at radius 3 is 2.48 bits per heavy atom. The lowest BCUT2D eigenvalue weighted by molar-refractivity contribution is -0.115. The second kappa shape index (κ2) is 8.99. The topological polar surface area (TPSA) is 64.0 Å². The number of hydrogen-bond donors (Lipinski definition) is 1. The highest BCUT2D eigenvalue weighted by Crippen LogP contribution is 2.19. The molecule has 0 spiro atoms. The molecule has 0 aliphatic carbocycles.